The number of benzene rings is 2. The van der Waals surface area contributed by atoms with Crippen molar-refractivity contribution in [3.05, 3.63) is 71.9 Å². The van der Waals surface area contributed by atoms with Gasteiger partial charge in [0.1, 0.15) is 0 Å². The molecule has 0 radical (unpaired) electrons. The molecule has 2 amide bonds. The Hall–Kier alpha value is -3.21. The van der Waals surface area contributed by atoms with Crippen molar-refractivity contribution in [2.24, 2.45) is 0 Å². The number of hydrogen-bond acceptors (Lipinski definition) is 3. The second-order valence-corrected chi connectivity index (χ2v) is 6.76. The lowest BCUT2D eigenvalue weighted by Crippen LogP contribution is -2.25. The van der Waals surface area contributed by atoms with Crippen LogP contribution in [0.4, 0.5) is 5.69 Å². The highest BCUT2D eigenvalue weighted by Gasteiger charge is 2.21. The van der Waals surface area contributed by atoms with Gasteiger partial charge in [0.2, 0.25) is 11.8 Å². The first-order chi connectivity index (χ1) is 13.2. The van der Waals surface area contributed by atoms with Crippen LogP contribution in [0.15, 0.2) is 60.8 Å². The maximum atomic E-state index is 12.4. The molecule has 0 spiro atoms. The average molecular weight is 359 g/mol. The number of carbonyl (C=O) groups excluding carboxylic acids is 2. The fourth-order valence-corrected chi connectivity index (χ4v) is 3.46. The van der Waals surface area contributed by atoms with E-state index in [0.717, 1.165) is 40.7 Å². The maximum absolute atomic E-state index is 12.4. The average Bonchev–Trinajstić information content (AvgIpc) is 3.13. The van der Waals surface area contributed by atoms with Crippen LogP contribution in [0.25, 0.3) is 10.9 Å². The van der Waals surface area contributed by atoms with Crippen LogP contribution in [-0.2, 0) is 22.6 Å². The normalized spacial score (nSPS) is 13.9. The minimum absolute atomic E-state index is 0.0352. The highest BCUT2D eigenvalue weighted by Crippen LogP contribution is 2.21. The molecule has 0 aliphatic carbocycles. The molecule has 0 atom stereocenters. The van der Waals surface area contributed by atoms with Gasteiger partial charge in [-0.2, -0.15) is 0 Å². The summed E-state index contributed by atoms with van der Waals surface area (Å²) < 4.78 is 0. The monoisotopic (exact) mass is 359 g/mol. The third kappa shape index (κ3) is 3.82. The number of nitrogens with zero attached hydrogens (tertiary/aromatic N) is 2. The van der Waals surface area contributed by atoms with E-state index in [-0.39, 0.29) is 11.8 Å². The number of fused-ring (bicyclic) bond motifs is 1. The van der Waals surface area contributed by atoms with Crippen LogP contribution >= 0.6 is 0 Å². The van der Waals surface area contributed by atoms with E-state index in [9.17, 15) is 9.59 Å². The Labute approximate surface area is 158 Å². The Kier molecular flexibility index (Phi) is 4.83. The molecule has 5 heteroatoms. The van der Waals surface area contributed by atoms with Crippen molar-refractivity contribution in [3.8, 4) is 0 Å². The van der Waals surface area contributed by atoms with Gasteiger partial charge in [0.25, 0.3) is 0 Å². The van der Waals surface area contributed by atoms with Gasteiger partial charge in [-0.3, -0.25) is 14.6 Å². The highest BCUT2D eigenvalue weighted by atomic mass is 16.2. The van der Waals surface area contributed by atoms with Crippen LogP contribution in [-0.4, -0.2) is 23.3 Å². The summed E-state index contributed by atoms with van der Waals surface area (Å²) >= 11 is 0. The smallest absolute Gasteiger partial charge is 0.227 e. The predicted molar refractivity (Wildman–Crippen MR) is 105 cm³/mol. The Morgan fingerprint density at radius 2 is 1.89 bits per heavy atom. The molecule has 136 valence electrons. The molecule has 1 aromatic heterocycles. The third-order valence-corrected chi connectivity index (χ3v) is 4.88. The third-order valence-electron chi connectivity index (χ3n) is 4.88. The molecule has 0 unspecified atom stereocenters. The topological polar surface area (TPSA) is 62.3 Å². The summed E-state index contributed by atoms with van der Waals surface area (Å²) in [5.41, 5.74) is 3.73. The van der Waals surface area contributed by atoms with Gasteiger partial charge >= 0.3 is 0 Å². The van der Waals surface area contributed by atoms with E-state index in [1.54, 1.807) is 6.20 Å². The Morgan fingerprint density at radius 1 is 1.07 bits per heavy atom. The van der Waals surface area contributed by atoms with Gasteiger partial charge in [-0.1, -0.05) is 36.4 Å². The molecule has 0 saturated carbocycles. The number of carbonyl (C=O) groups is 2. The molecule has 3 aromatic rings. The molecule has 2 aromatic carbocycles. The SMILES string of the molecule is O=C(Cc1cccc2cccnc12)NCc1ccc(N2CCCC2=O)cc1. The summed E-state index contributed by atoms with van der Waals surface area (Å²) in [4.78, 5) is 30.4. The van der Waals surface area contributed by atoms with E-state index in [4.69, 9.17) is 0 Å². The Bertz CT molecular complexity index is 977. The first-order valence-electron chi connectivity index (χ1n) is 9.19. The lowest BCUT2D eigenvalue weighted by atomic mass is 10.1. The summed E-state index contributed by atoms with van der Waals surface area (Å²) in [7, 11) is 0. The van der Waals surface area contributed by atoms with Gasteiger partial charge in [0.05, 0.1) is 11.9 Å². The molecule has 5 nitrogen and oxygen atoms in total. The van der Waals surface area contributed by atoms with E-state index >= 15 is 0 Å². The summed E-state index contributed by atoms with van der Waals surface area (Å²) in [5, 5.41) is 4.00. The van der Waals surface area contributed by atoms with E-state index in [1.807, 2.05) is 59.5 Å². The summed E-state index contributed by atoms with van der Waals surface area (Å²) in [6.45, 7) is 1.25. The molecule has 1 N–H and O–H groups in total. The van der Waals surface area contributed by atoms with Gasteiger partial charge in [0.15, 0.2) is 0 Å². The van der Waals surface area contributed by atoms with Gasteiger partial charge < -0.3 is 10.2 Å². The molecule has 0 bridgehead atoms. The lowest BCUT2D eigenvalue weighted by molar-refractivity contribution is -0.120. The van der Waals surface area contributed by atoms with E-state index in [1.165, 1.54) is 0 Å². The van der Waals surface area contributed by atoms with Gasteiger partial charge in [-0.15, -0.1) is 0 Å². The first kappa shape index (κ1) is 17.2. The molecule has 4 rings (SSSR count). The van der Waals surface area contributed by atoms with Crippen molar-refractivity contribution < 1.29 is 9.59 Å². The van der Waals surface area contributed by atoms with Crippen molar-refractivity contribution in [2.45, 2.75) is 25.8 Å². The quantitative estimate of drug-likeness (QED) is 0.761. The lowest BCUT2D eigenvalue weighted by Gasteiger charge is -2.16. The number of amides is 2. The zero-order chi connectivity index (χ0) is 18.6. The van der Waals surface area contributed by atoms with Crippen molar-refractivity contribution >= 4 is 28.4 Å². The minimum atomic E-state index is -0.0352. The second kappa shape index (κ2) is 7.58. The number of para-hydroxylation sites is 1. The van der Waals surface area contributed by atoms with Crippen LogP contribution in [0.3, 0.4) is 0 Å². The minimum Gasteiger partial charge on any atom is -0.352 e. The molecule has 1 fully saturated rings. The largest absolute Gasteiger partial charge is 0.352 e. The van der Waals surface area contributed by atoms with Crippen LogP contribution in [0.2, 0.25) is 0 Å². The van der Waals surface area contributed by atoms with E-state index in [0.29, 0.717) is 19.4 Å². The molecular weight excluding hydrogens is 338 g/mol. The fourth-order valence-electron chi connectivity index (χ4n) is 3.46. The van der Waals surface area contributed by atoms with Crippen molar-refractivity contribution in [2.75, 3.05) is 11.4 Å². The zero-order valence-electron chi connectivity index (χ0n) is 15.0. The molecular formula is C22H21N3O2. The van der Waals surface area contributed by atoms with Crippen LogP contribution in [0.1, 0.15) is 24.0 Å². The van der Waals surface area contributed by atoms with Crippen molar-refractivity contribution in [3.63, 3.8) is 0 Å². The van der Waals surface area contributed by atoms with Crippen molar-refractivity contribution in [1.82, 2.24) is 10.3 Å². The second-order valence-electron chi connectivity index (χ2n) is 6.76. The van der Waals surface area contributed by atoms with E-state index in [2.05, 4.69) is 10.3 Å². The van der Waals surface area contributed by atoms with E-state index < -0.39 is 0 Å². The summed E-state index contributed by atoms with van der Waals surface area (Å²) in [5.74, 6) is 0.145. The Balaban J connectivity index is 1.37. The summed E-state index contributed by atoms with van der Waals surface area (Å²) in [6.07, 6.45) is 3.59. The number of nitrogens with one attached hydrogen (secondary N) is 1. The predicted octanol–water partition coefficient (Wildman–Crippen LogP) is 3.22. The van der Waals surface area contributed by atoms with Crippen LogP contribution in [0.5, 0.6) is 0 Å². The van der Waals surface area contributed by atoms with Crippen LogP contribution < -0.4 is 10.2 Å². The summed E-state index contributed by atoms with van der Waals surface area (Å²) in [6, 6.07) is 17.6. The number of anilines is 1. The fraction of sp³-hybridized carbons (Fsp3) is 0.227. The molecule has 1 aliphatic rings. The number of hydrogen-bond donors (Lipinski definition) is 1. The first-order valence-corrected chi connectivity index (χ1v) is 9.19. The number of aromatic nitrogens is 1. The number of pyridine rings is 1. The molecule has 2 heterocycles. The van der Waals surface area contributed by atoms with Gasteiger partial charge in [0, 0.05) is 36.8 Å². The van der Waals surface area contributed by atoms with Crippen molar-refractivity contribution in [1.29, 1.82) is 0 Å². The highest BCUT2D eigenvalue weighted by molar-refractivity contribution is 5.95. The molecule has 1 aliphatic heterocycles. The molecule has 27 heavy (non-hydrogen) atoms. The van der Waals surface area contributed by atoms with Gasteiger partial charge in [-0.05, 0) is 35.7 Å². The maximum Gasteiger partial charge on any atom is 0.227 e. The Morgan fingerprint density at radius 3 is 2.67 bits per heavy atom. The number of rotatable bonds is 5. The zero-order valence-corrected chi connectivity index (χ0v) is 15.0. The van der Waals surface area contributed by atoms with Crippen LogP contribution in [0, 0.1) is 0 Å². The molecule has 1 saturated heterocycles. The standard InChI is InChI=1S/C22H21N3O2/c26-20(14-18-5-1-4-17-6-2-12-23-22(17)18)24-15-16-8-10-19(11-9-16)25-13-3-7-21(25)27/h1-2,4-6,8-12H,3,7,13-15H2,(H,24,26). The van der Waals surface area contributed by atoms with Gasteiger partial charge in [-0.25, -0.2) is 0 Å².